The Kier molecular flexibility index (Phi) is 4.62. The zero-order chi connectivity index (χ0) is 15.5. The summed E-state index contributed by atoms with van der Waals surface area (Å²) in [6, 6.07) is 13.0. The van der Waals surface area contributed by atoms with Crippen LogP contribution in [0.3, 0.4) is 0 Å². The normalized spacial score (nSPS) is 20.4. The number of aliphatic hydroxyl groups excluding tert-OH is 1. The molecule has 0 aliphatic carbocycles. The maximum absolute atomic E-state index is 9.46. The summed E-state index contributed by atoms with van der Waals surface area (Å²) < 4.78 is 5.27. The molecule has 1 N–H and O–H groups in total. The number of aliphatic hydroxyl groups is 1. The van der Waals surface area contributed by atoms with E-state index >= 15 is 0 Å². The fourth-order valence-corrected chi connectivity index (χ4v) is 3.11. The lowest BCUT2D eigenvalue weighted by Gasteiger charge is -2.38. The SMILES string of the molecule is COc1ccc2cc(CN3CCN(C)C(CO)C3)ccc2c1. The molecule has 1 aliphatic rings. The molecule has 2 aromatic rings. The Morgan fingerprint density at radius 1 is 1.14 bits per heavy atom. The topological polar surface area (TPSA) is 35.9 Å². The van der Waals surface area contributed by atoms with Gasteiger partial charge in [0.15, 0.2) is 0 Å². The van der Waals surface area contributed by atoms with Crippen molar-refractivity contribution in [3.63, 3.8) is 0 Å². The Bertz CT molecular complexity index is 644. The fourth-order valence-electron chi connectivity index (χ4n) is 3.11. The van der Waals surface area contributed by atoms with Crippen LogP contribution in [0.2, 0.25) is 0 Å². The highest BCUT2D eigenvalue weighted by Gasteiger charge is 2.23. The van der Waals surface area contributed by atoms with Crippen LogP contribution < -0.4 is 4.74 Å². The second kappa shape index (κ2) is 6.65. The minimum atomic E-state index is 0.227. The molecule has 4 heteroatoms. The molecule has 0 saturated carbocycles. The van der Waals surface area contributed by atoms with Crippen molar-refractivity contribution in [1.29, 1.82) is 0 Å². The average Bonchev–Trinajstić information content (AvgIpc) is 2.56. The van der Waals surface area contributed by atoms with Crippen LogP contribution in [0.15, 0.2) is 36.4 Å². The van der Waals surface area contributed by atoms with Crippen LogP contribution in [0.5, 0.6) is 5.75 Å². The van der Waals surface area contributed by atoms with Crippen molar-refractivity contribution in [3.05, 3.63) is 42.0 Å². The van der Waals surface area contributed by atoms with Gasteiger partial charge in [-0.25, -0.2) is 0 Å². The summed E-state index contributed by atoms with van der Waals surface area (Å²) in [4.78, 5) is 4.66. The van der Waals surface area contributed by atoms with Crippen LogP contribution in [-0.4, -0.2) is 61.3 Å². The van der Waals surface area contributed by atoms with Crippen molar-refractivity contribution in [2.45, 2.75) is 12.6 Å². The molecular formula is C18H24N2O2. The molecule has 1 aliphatic heterocycles. The third-order valence-electron chi connectivity index (χ3n) is 4.59. The molecule has 1 unspecified atom stereocenters. The van der Waals surface area contributed by atoms with Gasteiger partial charge in [-0.3, -0.25) is 9.80 Å². The van der Waals surface area contributed by atoms with E-state index in [0.717, 1.165) is 31.9 Å². The highest BCUT2D eigenvalue weighted by Crippen LogP contribution is 2.23. The molecule has 1 saturated heterocycles. The molecule has 0 spiro atoms. The first-order valence-corrected chi connectivity index (χ1v) is 7.80. The molecule has 1 atom stereocenters. The summed E-state index contributed by atoms with van der Waals surface area (Å²) in [5.41, 5.74) is 1.32. The highest BCUT2D eigenvalue weighted by atomic mass is 16.5. The van der Waals surface area contributed by atoms with Crippen LogP contribution in [0, 0.1) is 0 Å². The average molecular weight is 300 g/mol. The van der Waals surface area contributed by atoms with Crippen molar-refractivity contribution >= 4 is 10.8 Å². The monoisotopic (exact) mass is 300 g/mol. The number of likely N-dealkylation sites (N-methyl/N-ethyl adjacent to an activating group) is 1. The van der Waals surface area contributed by atoms with E-state index in [1.165, 1.54) is 16.3 Å². The van der Waals surface area contributed by atoms with Crippen molar-refractivity contribution in [2.75, 3.05) is 40.4 Å². The van der Waals surface area contributed by atoms with Gasteiger partial charge in [0.2, 0.25) is 0 Å². The number of hydrogen-bond donors (Lipinski definition) is 1. The second-order valence-corrected chi connectivity index (χ2v) is 6.10. The van der Waals surface area contributed by atoms with Crippen molar-refractivity contribution in [1.82, 2.24) is 9.80 Å². The van der Waals surface area contributed by atoms with E-state index in [1.807, 2.05) is 6.07 Å². The number of benzene rings is 2. The molecule has 4 nitrogen and oxygen atoms in total. The molecule has 2 aromatic carbocycles. The Balaban J connectivity index is 1.74. The van der Waals surface area contributed by atoms with E-state index in [9.17, 15) is 5.11 Å². The quantitative estimate of drug-likeness (QED) is 0.936. The summed E-state index contributed by atoms with van der Waals surface area (Å²) in [6.45, 7) is 4.15. The summed E-state index contributed by atoms with van der Waals surface area (Å²) in [5.74, 6) is 0.894. The molecule has 22 heavy (non-hydrogen) atoms. The summed E-state index contributed by atoms with van der Waals surface area (Å²) >= 11 is 0. The van der Waals surface area contributed by atoms with E-state index in [4.69, 9.17) is 4.74 Å². The van der Waals surface area contributed by atoms with Crippen molar-refractivity contribution in [2.24, 2.45) is 0 Å². The Morgan fingerprint density at radius 3 is 2.68 bits per heavy atom. The Morgan fingerprint density at radius 2 is 1.91 bits per heavy atom. The van der Waals surface area contributed by atoms with E-state index in [1.54, 1.807) is 7.11 Å². The number of ether oxygens (including phenoxy) is 1. The number of fused-ring (bicyclic) bond motifs is 1. The number of hydrogen-bond acceptors (Lipinski definition) is 4. The third kappa shape index (κ3) is 3.24. The number of nitrogens with zero attached hydrogens (tertiary/aromatic N) is 2. The van der Waals surface area contributed by atoms with Gasteiger partial charge in [-0.1, -0.05) is 18.2 Å². The van der Waals surface area contributed by atoms with Gasteiger partial charge in [0.05, 0.1) is 13.7 Å². The summed E-state index contributed by atoms with van der Waals surface area (Å²) in [7, 11) is 3.78. The first-order valence-electron chi connectivity index (χ1n) is 7.80. The predicted molar refractivity (Wildman–Crippen MR) is 89.3 cm³/mol. The van der Waals surface area contributed by atoms with Gasteiger partial charge in [-0.05, 0) is 41.6 Å². The number of piperazine rings is 1. The van der Waals surface area contributed by atoms with Crippen LogP contribution in [-0.2, 0) is 6.54 Å². The molecule has 0 aromatic heterocycles. The zero-order valence-electron chi connectivity index (χ0n) is 13.3. The van der Waals surface area contributed by atoms with Crippen LogP contribution in [0.25, 0.3) is 10.8 Å². The largest absolute Gasteiger partial charge is 0.497 e. The standard InChI is InChI=1S/C18H24N2O2/c1-19-7-8-20(12-17(19)13-21)11-14-3-4-16-10-18(22-2)6-5-15(16)9-14/h3-6,9-10,17,21H,7-8,11-13H2,1-2H3. The predicted octanol–water partition coefficient (Wildman–Crippen LogP) is 1.96. The highest BCUT2D eigenvalue weighted by molar-refractivity contribution is 5.84. The van der Waals surface area contributed by atoms with E-state index < -0.39 is 0 Å². The summed E-state index contributed by atoms with van der Waals surface area (Å²) in [5, 5.41) is 11.9. The molecule has 3 rings (SSSR count). The molecule has 1 fully saturated rings. The van der Waals surface area contributed by atoms with E-state index in [-0.39, 0.29) is 12.6 Å². The Labute approximate surface area is 131 Å². The smallest absolute Gasteiger partial charge is 0.119 e. The van der Waals surface area contributed by atoms with Gasteiger partial charge in [0.1, 0.15) is 5.75 Å². The first-order chi connectivity index (χ1) is 10.7. The maximum Gasteiger partial charge on any atom is 0.119 e. The minimum Gasteiger partial charge on any atom is -0.497 e. The molecule has 118 valence electrons. The lowest BCUT2D eigenvalue weighted by Crippen LogP contribution is -2.52. The van der Waals surface area contributed by atoms with E-state index in [2.05, 4.69) is 47.2 Å². The van der Waals surface area contributed by atoms with Gasteiger partial charge in [0, 0.05) is 32.2 Å². The van der Waals surface area contributed by atoms with Gasteiger partial charge in [0.25, 0.3) is 0 Å². The molecular weight excluding hydrogens is 276 g/mol. The molecule has 1 heterocycles. The van der Waals surface area contributed by atoms with Crippen LogP contribution in [0.4, 0.5) is 0 Å². The van der Waals surface area contributed by atoms with Gasteiger partial charge < -0.3 is 9.84 Å². The van der Waals surface area contributed by atoms with Gasteiger partial charge in [-0.2, -0.15) is 0 Å². The molecule has 0 bridgehead atoms. The van der Waals surface area contributed by atoms with Crippen LogP contribution in [0.1, 0.15) is 5.56 Å². The zero-order valence-corrected chi connectivity index (χ0v) is 13.3. The van der Waals surface area contributed by atoms with Gasteiger partial charge in [-0.15, -0.1) is 0 Å². The Hall–Kier alpha value is -1.62. The van der Waals surface area contributed by atoms with E-state index in [0.29, 0.717) is 0 Å². The number of methoxy groups -OCH3 is 1. The molecule has 0 amide bonds. The minimum absolute atomic E-state index is 0.227. The van der Waals surface area contributed by atoms with Crippen molar-refractivity contribution in [3.8, 4) is 5.75 Å². The third-order valence-corrected chi connectivity index (χ3v) is 4.59. The fraction of sp³-hybridized carbons (Fsp3) is 0.444. The molecule has 0 radical (unpaired) electrons. The lowest BCUT2D eigenvalue weighted by molar-refractivity contribution is 0.0540. The second-order valence-electron chi connectivity index (χ2n) is 6.10. The first kappa shape index (κ1) is 15.3. The van der Waals surface area contributed by atoms with Crippen molar-refractivity contribution < 1.29 is 9.84 Å². The lowest BCUT2D eigenvalue weighted by atomic mass is 10.1. The summed E-state index contributed by atoms with van der Waals surface area (Å²) in [6.07, 6.45) is 0. The van der Waals surface area contributed by atoms with Crippen LogP contribution >= 0.6 is 0 Å². The number of rotatable bonds is 4. The van der Waals surface area contributed by atoms with Gasteiger partial charge >= 0.3 is 0 Å². The maximum atomic E-state index is 9.46.